The number of pyridine rings is 1. The highest BCUT2D eigenvalue weighted by Crippen LogP contribution is 2.29. The van der Waals surface area contributed by atoms with Gasteiger partial charge in [-0.2, -0.15) is 18.8 Å². The third-order valence-corrected chi connectivity index (χ3v) is 4.90. The van der Waals surface area contributed by atoms with Gasteiger partial charge >= 0.3 is 10.3 Å². The number of nitrogens with zero attached hydrogens (tertiary/aromatic N) is 5. The van der Waals surface area contributed by atoms with Crippen molar-refractivity contribution in [1.29, 1.82) is 5.26 Å². The maximum absolute atomic E-state index is 11.1. The minimum atomic E-state index is -4.14. The Bertz CT molecular complexity index is 1370. The SMILES string of the molecule is CN(c1ccc(C#N)c(-c2ccc(OS(N)(=O)=O)cn2)c1)n1cnc2ccccc21. The molecule has 0 atom stereocenters. The maximum Gasteiger partial charge on any atom is 0.380 e. The van der Waals surface area contributed by atoms with Gasteiger partial charge < -0.3 is 4.18 Å². The molecule has 0 aliphatic heterocycles. The van der Waals surface area contributed by atoms with E-state index in [0.29, 0.717) is 16.8 Å². The van der Waals surface area contributed by atoms with Crippen molar-refractivity contribution in [2.24, 2.45) is 5.14 Å². The second kappa shape index (κ2) is 7.47. The molecule has 2 N–H and O–H groups in total. The number of benzene rings is 2. The molecule has 30 heavy (non-hydrogen) atoms. The van der Waals surface area contributed by atoms with Gasteiger partial charge in [-0.05, 0) is 42.5 Å². The lowest BCUT2D eigenvalue weighted by Crippen LogP contribution is -2.23. The van der Waals surface area contributed by atoms with Crippen molar-refractivity contribution < 1.29 is 12.6 Å². The Kier molecular flexibility index (Phi) is 4.83. The van der Waals surface area contributed by atoms with Gasteiger partial charge in [0, 0.05) is 12.6 Å². The summed E-state index contributed by atoms with van der Waals surface area (Å²) in [7, 11) is -2.25. The lowest BCUT2D eigenvalue weighted by atomic mass is 10.0. The zero-order valence-electron chi connectivity index (χ0n) is 15.8. The topological polar surface area (TPSA) is 127 Å². The summed E-state index contributed by atoms with van der Waals surface area (Å²) in [6, 6.07) is 18.3. The minimum absolute atomic E-state index is 0.0158. The summed E-state index contributed by atoms with van der Waals surface area (Å²) in [6.45, 7) is 0. The van der Waals surface area contributed by atoms with Crippen LogP contribution in [0.1, 0.15) is 5.56 Å². The molecule has 2 aromatic carbocycles. The predicted molar refractivity (Wildman–Crippen MR) is 112 cm³/mol. The average molecular weight is 420 g/mol. The smallest absolute Gasteiger partial charge is 0.369 e. The Morgan fingerprint density at radius 3 is 2.63 bits per heavy atom. The van der Waals surface area contributed by atoms with Crippen LogP contribution in [0.25, 0.3) is 22.3 Å². The van der Waals surface area contributed by atoms with Gasteiger partial charge in [-0.1, -0.05) is 12.1 Å². The van der Waals surface area contributed by atoms with Crippen LogP contribution in [0.2, 0.25) is 0 Å². The number of rotatable bonds is 5. The molecule has 9 nitrogen and oxygen atoms in total. The Morgan fingerprint density at radius 2 is 1.93 bits per heavy atom. The molecule has 0 amide bonds. The summed E-state index contributed by atoms with van der Waals surface area (Å²) < 4.78 is 28.6. The molecular formula is C20H16N6O3S. The number of para-hydroxylation sites is 2. The summed E-state index contributed by atoms with van der Waals surface area (Å²) >= 11 is 0. The fraction of sp³-hybridized carbons (Fsp3) is 0.0500. The number of nitrogens with two attached hydrogens (primary N) is 1. The summed E-state index contributed by atoms with van der Waals surface area (Å²) in [5.74, 6) is -0.0158. The van der Waals surface area contributed by atoms with E-state index in [4.69, 9.17) is 5.14 Å². The molecule has 0 saturated carbocycles. The second-order valence-electron chi connectivity index (χ2n) is 6.40. The van der Waals surface area contributed by atoms with E-state index in [9.17, 15) is 13.7 Å². The van der Waals surface area contributed by atoms with Gasteiger partial charge in [0.1, 0.15) is 6.33 Å². The molecule has 0 aliphatic carbocycles. The molecule has 0 spiro atoms. The molecule has 0 saturated heterocycles. The van der Waals surface area contributed by atoms with Crippen molar-refractivity contribution in [3.05, 3.63) is 72.7 Å². The quantitative estimate of drug-likeness (QED) is 0.525. The van der Waals surface area contributed by atoms with Gasteiger partial charge in [0.05, 0.1) is 40.2 Å². The van der Waals surface area contributed by atoms with Gasteiger partial charge in [0.2, 0.25) is 0 Å². The first-order valence-corrected chi connectivity index (χ1v) is 10.2. The summed E-state index contributed by atoms with van der Waals surface area (Å²) in [5.41, 5.74) is 4.11. The molecular weight excluding hydrogens is 404 g/mol. The van der Waals surface area contributed by atoms with Crippen LogP contribution >= 0.6 is 0 Å². The van der Waals surface area contributed by atoms with Crippen LogP contribution in [0.15, 0.2) is 67.1 Å². The van der Waals surface area contributed by atoms with Crippen molar-refractivity contribution in [2.45, 2.75) is 0 Å². The Labute approximate surface area is 172 Å². The third-order valence-electron chi connectivity index (χ3n) is 4.48. The molecule has 4 aromatic rings. The first-order valence-electron chi connectivity index (χ1n) is 8.74. The number of imidazole rings is 1. The van der Waals surface area contributed by atoms with Crippen molar-refractivity contribution in [3.8, 4) is 23.1 Å². The van der Waals surface area contributed by atoms with Crippen molar-refractivity contribution >= 4 is 27.0 Å². The molecule has 0 unspecified atom stereocenters. The van der Waals surface area contributed by atoms with E-state index < -0.39 is 10.3 Å². The highest BCUT2D eigenvalue weighted by molar-refractivity contribution is 7.84. The standard InChI is InChI=1S/C20H16N6O3S/c1-25(26-13-24-19-4-2-3-5-20(19)26)15-7-6-14(11-21)17(10-15)18-9-8-16(12-23-18)29-30(22,27)28/h2-10,12-13H,1H3,(H2,22,27,28). The van der Waals surface area contributed by atoms with E-state index in [1.54, 1.807) is 18.5 Å². The van der Waals surface area contributed by atoms with Crippen LogP contribution in [0.3, 0.4) is 0 Å². The second-order valence-corrected chi connectivity index (χ2v) is 7.55. The molecule has 4 rings (SSSR count). The van der Waals surface area contributed by atoms with Crippen LogP contribution in [0, 0.1) is 11.3 Å². The monoisotopic (exact) mass is 420 g/mol. The number of aromatic nitrogens is 3. The largest absolute Gasteiger partial charge is 0.380 e. The predicted octanol–water partition coefficient (Wildman–Crippen LogP) is 2.45. The normalized spacial score (nSPS) is 11.2. The molecule has 10 heteroatoms. The average Bonchev–Trinajstić information content (AvgIpc) is 3.16. The van der Waals surface area contributed by atoms with E-state index in [-0.39, 0.29) is 5.75 Å². The van der Waals surface area contributed by atoms with Gasteiger partial charge in [-0.25, -0.2) is 9.66 Å². The molecule has 0 bridgehead atoms. The van der Waals surface area contributed by atoms with Crippen molar-refractivity contribution in [1.82, 2.24) is 14.6 Å². The fourth-order valence-electron chi connectivity index (χ4n) is 3.08. The molecule has 150 valence electrons. The van der Waals surface area contributed by atoms with Gasteiger partial charge in [0.25, 0.3) is 0 Å². The third kappa shape index (κ3) is 3.80. The van der Waals surface area contributed by atoms with Crippen LogP contribution in [-0.4, -0.2) is 30.1 Å². The first-order chi connectivity index (χ1) is 14.4. The van der Waals surface area contributed by atoms with Crippen molar-refractivity contribution in [2.75, 3.05) is 12.1 Å². The molecule has 0 aliphatic rings. The zero-order chi connectivity index (χ0) is 21.3. The van der Waals surface area contributed by atoms with E-state index in [1.165, 1.54) is 12.3 Å². The van der Waals surface area contributed by atoms with Crippen molar-refractivity contribution in [3.63, 3.8) is 0 Å². The summed E-state index contributed by atoms with van der Waals surface area (Å²) in [6.07, 6.45) is 2.96. The zero-order valence-corrected chi connectivity index (χ0v) is 16.6. The number of hydrogen-bond acceptors (Lipinski definition) is 7. The Morgan fingerprint density at radius 1 is 1.13 bits per heavy atom. The number of nitriles is 1. The van der Waals surface area contributed by atoms with E-state index in [0.717, 1.165) is 16.7 Å². The fourth-order valence-corrected chi connectivity index (χ4v) is 3.44. The maximum atomic E-state index is 11.1. The lowest BCUT2D eigenvalue weighted by Gasteiger charge is -2.22. The first kappa shape index (κ1) is 19.4. The summed E-state index contributed by atoms with van der Waals surface area (Å²) in [4.78, 5) is 8.62. The molecule has 0 radical (unpaired) electrons. The van der Waals surface area contributed by atoms with Gasteiger partial charge in [0.15, 0.2) is 5.75 Å². The van der Waals surface area contributed by atoms with Gasteiger partial charge in [-0.3, -0.25) is 9.99 Å². The highest BCUT2D eigenvalue weighted by atomic mass is 32.2. The lowest BCUT2D eigenvalue weighted by molar-refractivity contribution is 0.486. The van der Waals surface area contributed by atoms with E-state index >= 15 is 0 Å². The van der Waals surface area contributed by atoms with E-state index in [2.05, 4.69) is 20.2 Å². The van der Waals surface area contributed by atoms with Crippen LogP contribution in [0.5, 0.6) is 5.75 Å². The van der Waals surface area contributed by atoms with Crippen LogP contribution < -0.4 is 14.3 Å². The Balaban J connectivity index is 1.73. The molecule has 0 fully saturated rings. The van der Waals surface area contributed by atoms with Gasteiger partial charge in [-0.15, -0.1) is 0 Å². The highest BCUT2D eigenvalue weighted by Gasteiger charge is 2.13. The Hall–Kier alpha value is -3.94. The van der Waals surface area contributed by atoms with Crippen LogP contribution in [0.4, 0.5) is 5.69 Å². The minimum Gasteiger partial charge on any atom is -0.369 e. The number of anilines is 1. The molecule has 2 heterocycles. The van der Waals surface area contributed by atoms with E-state index in [1.807, 2.05) is 53.1 Å². The summed E-state index contributed by atoms with van der Waals surface area (Å²) in [5, 5.41) is 16.3. The molecule has 2 aromatic heterocycles. The number of hydrogen-bond donors (Lipinski definition) is 1. The van der Waals surface area contributed by atoms with Crippen LogP contribution in [-0.2, 0) is 10.3 Å². The number of fused-ring (bicyclic) bond motifs is 1.